The number of hydrogen-bond donors (Lipinski definition) is 0. The zero-order valence-corrected chi connectivity index (χ0v) is 7.51. The maximum Gasteiger partial charge on any atom is 0.126 e. The highest BCUT2D eigenvalue weighted by atomic mass is 16.5. The van der Waals surface area contributed by atoms with Crippen LogP contribution in [0, 0.1) is 5.92 Å². The molecule has 0 saturated carbocycles. The van der Waals surface area contributed by atoms with Gasteiger partial charge in [-0.15, -0.1) is 0 Å². The first-order valence-corrected chi connectivity index (χ1v) is 4.36. The van der Waals surface area contributed by atoms with Gasteiger partial charge in [-0.05, 0) is 6.42 Å². The Labute approximate surface area is 76.5 Å². The molecule has 0 radical (unpaired) electrons. The summed E-state index contributed by atoms with van der Waals surface area (Å²) in [6.07, 6.45) is 5.37. The van der Waals surface area contributed by atoms with Crippen LogP contribution in [0.15, 0.2) is 12.4 Å². The molecule has 1 aromatic heterocycles. The normalized spacial score (nSPS) is 27.8. The Hall–Kier alpha value is -1.16. The average Bonchev–Trinajstić information content (AvgIpc) is 2.71. The second-order valence-corrected chi connectivity index (χ2v) is 3.33. The number of nitrogens with zero attached hydrogens (tertiary/aromatic N) is 2. The summed E-state index contributed by atoms with van der Waals surface area (Å²) in [6, 6.07) is 0. The van der Waals surface area contributed by atoms with E-state index < -0.39 is 0 Å². The Bertz CT molecular complexity index is 308. The van der Waals surface area contributed by atoms with Gasteiger partial charge in [0, 0.05) is 31.3 Å². The standard InChI is InChI=1S/C9H12N2O2/c1-11-5-8(4-10-11)9-7(6-12)2-3-13-9/h4-7,9H,2-3H2,1H3/t7-,9-/m0/s1. The van der Waals surface area contributed by atoms with Crippen LogP contribution in [0.4, 0.5) is 0 Å². The Morgan fingerprint density at radius 1 is 1.77 bits per heavy atom. The molecule has 70 valence electrons. The fourth-order valence-corrected chi connectivity index (χ4v) is 1.68. The first-order chi connectivity index (χ1) is 6.31. The van der Waals surface area contributed by atoms with E-state index >= 15 is 0 Å². The summed E-state index contributed by atoms with van der Waals surface area (Å²) in [6.45, 7) is 0.670. The predicted molar refractivity (Wildman–Crippen MR) is 46.1 cm³/mol. The molecule has 0 amide bonds. The van der Waals surface area contributed by atoms with Crippen molar-refractivity contribution in [1.82, 2.24) is 9.78 Å². The zero-order valence-electron chi connectivity index (χ0n) is 7.51. The predicted octanol–water partition coefficient (Wildman–Crippen LogP) is 0.697. The highest BCUT2D eigenvalue weighted by molar-refractivity contribution is 5.55. The van der Waals surface area contributed by atoms with Gasteiger partial charge in [-0.25, -0.2) is 0 Å². The third-order valence-electron chi connectivity index (χ3n) is 2.37. The summed E-state index contributed by atoms with van der Waals surface area (Å²) in [5.74, 6) is 0.00389. The van der Waals surface area contributed by atoms with Crippen LogP contribution in [0.1, 0.15) is 18.1 Å². The van der Waals surface area contributed by atoms with Gasteiger partial charge >= 0.3 is 0 Å². The lowest BCUT2D eigenvalue weighted by Gasteiger charge is -2.10. The maximum atomic E-state index is 10.7. The third kappa shape index (κ3) is 1.49. The molecule has 0 aromatic carbocycles. The number of aromatic nitrogens is 2. The lowest BCUT2D eigenvalue weighted by atomic mass is 9.99. The van der Waals surface area contributed by atoms with E-state index in [2.05, 4.69) is 5.10 Å². The van der Waals surface area contributed by atoms with Gasteiger partial charge in [-0.1, -0.05) is 0 Å². The van der Waals surface area contributed by atoms with E-state index in [1.165, 1.54) is 0 Å². The molecule has 1 aromatic rings. The average molecular weight is 180 g/mol. The SMILES string of the molecule is Cn1cc([C@H]2OCC[C@H]2C=O)cn1. The molecule has 4 nitrogen and oxygen atoms in total. The second-order valence-electron chi connectivity index (χ2n) is 3.33. The van der Waals surface area contributed by atoms with Crippen LogP contribution in [0.25, 0.3) is 0 Å². The van der Waals surface area contributed by atoms with E-state index in [0.29, 0.717) is 6.61 Å². The molecule has 1 fully saturated rings. The number of hydrogen-bond acceptors (Lipinski definition) is 3. The van der Waals surface area contributed by atoms with Crippen LogP contribution in [-0.2, 0) is 16.6 Å². The van der Waals surface area contributed by atoms with Gasteiger partial charge < -0.3 is 9.53 Å². The van der Waals surface area contributed by atoms with E-state index in [-0.39, 0.29) is 12.0 Å². The number of ether oxygens (including phenoxy) is 1. The highest BCUT2D eigenvalue weighted by Gasteiger charge is 2.29. The molecule has 1 aliphatic rings. The Morgan fingerprint density at radius 2 is 2.62 bits per heavy atom. The third-order valence-corrected chi connectivity index (χ3v) is 2.37. The highest BCUT2D eigenvalue weighted by Crippen LogP contribution is 2.32. The van der Waals surface area contributed by atoms with Crippen molar-refractivity contribution in [2.75, 3.05) is 6.61 Å². The van der Waals surface area contributed by atoms with Crippen molar-refractivity contribution < 1.29 is 9.53 Å². The van der Waals surface area contributed by atoms with Gasteiger partial charge in [0.1, 0.15) is 6.29 Å². The Balaban J connectivity index is 2.20. The molecule has 4 heteroatoms. The van der Waals surface area contributed by atoms with Crippen molar-refractivity contribution in [2.24, 2.45) is 13.0 Å². The first kappa shape index (κ1) is 8.44. The molecule has 0 unspecified atom stereocenters. The van der Waals surface area contributed by atoms with Crippen molar-refractivity contribution in [2.45, 2.75) is 12.5 Å². The summed E-state index contributed by atoms with van der Waals surface area (Å²) in [5, 5.41) is 4.05. The second kappa shape index (κ2) is 3.30. The Kier molecular flexibility index (Phi) is 2.14. The molecule has 0 spiro atoms. The van der Waals surface area contributed by atoms with Gasteiger partial charge in [0.05, 0.1) is 12.3 Å². The minimum absolute atomic E-state index is 0.00389. The lowest BCUT2D eigenvalue weighted by Crippen LogP contribution is -2.07. The minimum Gasteiger partial charge on any atom is -0.373 e. The van der Waals surface area contributed by atoms with Gasteiger partial charge in [0.25, 0.3) is 0 Å². The molecule has 1 aliphatic heterocycles. The molecule has 1 saturated heterocycles. The van der Waals surface area contributed by atoms with E-state index in [4.69, 9.17) is 4.74 Å². The van der Waals surface area contributed by atoms with Gasteiger partial charge in [-0.2, -0.15) is 5.10 Å². The van der Waals surface area contributed by atoms with Crippen LogP contribution in [0.5, 0.6) is 0 Å². The molecular weight excluding hydrogens is 168 g/mol. The summed E-state index contributed by atoms with van der Waals surface area (Å²) in [4.78, 5) is 10.7. The molecule has 0 aliphatic carbocycles. The minimum atomic E-state index is -0.0776. The topological polar surface area (TPSA) is 44.1 Å². The number of carbonyl (C=O) groups excluding carboxylic acids is 1. The summed E-state index contributed by atoms with van der Waals surface area (Å²) in [5.41, 5.74) is 0.997. The number of aldehydes is 1. The lowest BCUT2D eigenvalue weighted by molar-refractivity contribution is -0.112. The molecule has 2 rings (SSSR count). The quantitative estimate of drug-likeness (QED) is 0.629. The summed E-state index contributed by atoms with van der Waals surface area (Å²) in [7, 11) is 1.86. The van der Waals surface area contributed by atoms with Crippen LogP contribution in [0.3, 0.4) is 0 Å². The van der Waals surface area contributed by atoms with Crippen molar-refractivity contribution >= 4 is 6.29 Å². The van der Waals surface area contributed by atoms with Crippen LogP contribution in [-0.4, -0.2) is 22.7 Å². The first-order valence-electron chi connectivity index (χ1n) is 4.36. The van der Waals surface area contributed by atoms with Crippen molar-refractivity contribution in [3.63, 3.8) is 0 Å². The van der Waals surface area contributed by atoms with Gasteiger partial charge in [0.2, 0.25) is 0 Å². The van der Waals surface area contributed by atoms with Gasteiger partial charge in [-0.3, -0.25) is 4.68 Å². The Morgan fingerprint density at radius 3 is 3.23 bits per heavy atom. The number of aryl methyl sites for hydroxylation is 1. The fraction of sp³-hybridized carbons (Fsp3) is 0.556. The van der Waals surface area contributed by atoms with E-state index in [9.17, 15) is 4.79 Å². The largest absolute Gasteiger partial charge is 0.373 e. The molecular formula is C9H12N2O2. The molecule has 0 N–H and O–H groups in total. The zero-order chi connectivity index (χ0) is 9.26. The van der Waals surface area contributed by atoms with Crippen molar-refractivity contribution in [3.05, 3.63) is 18.0 Å². The monoisotopic (exact) mass is 180 g/mol. The number of rotatable bonds is 2. The van der Waals surface area contributed by atoms with E-state index in [1.807, 2.05) is 13.2 Å². The maximum absolute atomic E-state index is 10.7. The van der Waals surface area contributed by atoms with E-state index in [1.54, 1.807) is 10.9 Å². The molecule has 0 bridgehead atoms. The molecule has 13 heavy (non-hydrogen) atoms. The van der Waals surface area contributed by atoms with Gasteiger partial charge in [0.15, 0.2) is 0 Å². The van der Waals surface area contributed by atoms with Crippen LogP contribution < -0.4 is 0 Å². The van der Waals surface area contributed by atoms with Crippen molar-refractivity contribution in [3.8, 4) is 0 Å². The van der Waals surface area contributed by atoms with Crippen LogP contribution >= 0.6 is 0 Å². The smallest absolute Gasteiger partial charge is 0.126 e. The van der Waals surface area contributed by atoms with Crippen molar-refractivity contribution in [1.29, 1.82) is 0 Å². The molecule has 2 heterocycles. The van der Waals surface area contributed by atoms with Crippen LogP contribution in [0.2, 0.25) is 0 Å². The summed E-state index contributed by atoms with van der Waals surface area (Å²) >= 11 is 0. The van der Waals surface area contributed by atoms with E-state index in [0.717, 1.165) is 18.3 Å². The number of carbonyl (C=O) groups is 1. The fourth-order valence-electron chi connectivity index (χ4n) is 1.68. The summed E-state index contributed by atoms with van der Waals surface area (Å²) < 4.78 is 7.19. The molecule has 2 atom stereocenters.